The molecule has 3 aromatic rings. The van der Waals surface area contributed by atoms with Gasteiger partial charge in [-0.2, -0.15) is 0 Å². The van der Waals surface area contributed by atoms with Crippen LogP contribution in [0.25, 0.3) is 0 Å². The van der Waals surface area contributed by atoms with E-state index in [4.69, 9.17) is 4.74 Å². The van der Waals surface area contributed by atoms with E-state index in [0.29, 0.717) is 12.2 Å². The molecule has 31 heavy (non-hydrogen) atoms. The lowest BCUT2D eigenvalue weighted by atomic mass is 9.67. The van der Waals surface area contributed by atoms with Gasteiger partial charge in [-0.1, -0.05) is 60.7 Å². The number of hydrogen-bond acceptors (Lipinski definition) is 4. The Hall–Kier alpha value is -3.54. The summed E-state index contributed by atoms with van der Waals surface area (Å²) in [7, 11) is 0. The van der Waals surface area contributed by atoms with Crippen LogP contribution >= 0.6 is 0 Å². The summed E-state index contributed by atoms with van der Waals surface area (Å²) >= 11 is 0. The van der Waals surface area contributed by atoms with Crippen LogP contribution in [0, 0.1) is 6.42 Å². The van der Waals surface area contributed by atoms with Crippen LogP contribution in [0.15, 0.2) is 65.5 Å². The van der Waals surface area contributed by atoms with E-state index in [1.807, 2.05) is 48.5 Å². The molecule has 1 aliphatic rings. The van der Waals surface area contributed by atoms with E-state index in [1.54, 1.807) is 0 Å². The fraction of sp³-hybridized carbons (Fsp3) is 0.280. The summed E-state index contributed by atoms with van der Waals surface area (Å²) in [6.07, 6.45) is 6.55. The number of nitrogens with zero attached hydrogens (tertiary/aromatic N) is 1. The van der Waals surface area contributed by atoms with Crippen molar-refractivity contribution in [3.63, 3.8) is 0 Å². The molecule has 2 aromatic carbocycles. The van der Waals surface area contributed by atoms with E-state index in [0.717, 1.165) is 31.2 Å². The maximum absolute atomic E-state index is 12.8. The van der Waals surface area contributed by atoms with Crippen molar-refractivity contribution < 1.29 is 14.6 Å². The number of hydrogen-bond donors (Lipinski definition) is 2. The van der Waals surface area contributed by atoms with Crippen LogP contribution in [0.5, 0.6) is 5.75 Å². The van der Waals surface area contributed by atoms with Crippen LogP contribution in [0.1, 0.15) is 53.1 Å². The van der Waals surface area contributed by atoms with Crippen LogP contribution < -0.4 is 10.3 Å². The Bertz CT molecular complexity index is 1090. The molecule has 4 rings (SSSR count). The van der Waals surface area contributed by atoms with Gasteiger partial charge in [-0.25, -0.2) is 9.78 Å². The maximum Gasteiger partial charge on any atom is 0.358 e. The number of ether oxygens (including phenoxy) is 1. The Kier molecular flexibility index (Phi) is 6.07. The number of nitrogens with one attached hydrogen (secondary N) is 1. The number of aromatic carboxylic acids is 1. The molecule has 1 fully saturated rings. The van der Waals surface area contributed by atoms with E-state index >= 15 is 0 Å². The van der Waals surface area contributed by atoms with Crippen molar-refractivity contribution in [2.45, 2.75) is 44.1 Å². The molecule has 0 radical (unpaired) electrons. The van der Waals surface area contributed by atoms with Gasteiger partial charge in [-0.05, 0) is 24.0 Å². The fourth-order valence-corrected chi connectivity index (χ4v) is 4.31. The third-order valence-corrected chi connectivity index (χ3v) is 5.90. The summed E-state index contributed by atoms with van der Waals surface area (Å²) in [6, 6.07) is 19.5. The first-order chi connectivity index (χ1) is 15.1. The van der Waals surface area contributed by atoms with Gasteiger partial charge in [0, 0.05) is 11.8 Å². The molecule has 2 N–H and O–H groups in total. The minimum absolute atomic E-state index is 0.0923. The van der Waals surface area contributed by atoms with Crippen LogP contribution in [-0.4, -0.2) is 21.0 Å². The number of rotatable bonds is 7. The second-order valence-electron chi connectivity index (χ2n) is 7.96. The fourth-order valence-electron chi connectivity index (χ4n) is 4.31. The quantitative estimate of drug-likeness (QED) is 0.559. The topological polar surface area (TPSA) is 92.3 Å². The molecule has 6 heteroatoms. The Balaban J connectivity index is 1.65. The normalized spacial score (nSPS) is 15.1. The number of H-pyrrole nitrogens is 1. The van der Waals surface area contributed by atoms with E-state index in [9.17, 15) is 14.7 Å². The van der Waals surface area contributed by atoms with Gasteiger partial charge in [0.1, 0.15) is 12.4 Å². The van der Waals surface area contributed by atoms with Gasteiger partial charge in [0.2, 0.25) is 5.75 Å². The molecule has 0 spiro atoms. The molecular weight excluding hydrogens is 392 g/mol. The molecule has 0 amide bonds. The van der Waals surface area contributed by atoms with Crippen LogP contribution in [0.3, 0.4) is 0 Å². The van der Waals surface area contributed by atoms with Crippen molar-refractivity contribution in [1.82, 2.24) is 9.97 Å². The highest BCUT2D eigenvalue weighted by atomic mass is 16.5. The van der Waals surface area contributed by atoms with Crippen molar-refractivity contribution in [2.24, 2.45) is 0 Å². The molecule has 1 saturated carbocycles. The predicted molar refractivity (Wildman–Crippen MR) is 117 cm³/mol. The number of aromatic amines is 1. The molecule has 1 heterocycles. The molecule has 6 nitrogen and oxygen atoms in total. The van der Waals surface area contributed by atoms with Crippen LogP contribution in [-0.2, 0) is 18.4 Å². The summed E-state index contributed by atoms with van der Waals surface area (Å²) in [5.41, 5.74) is 0.925. The summed E-state index contributed by atoms with van der Waals surface area (Å²) in [5, 5.41) is 9.70. The lowest BCUT2D eigenvalue weighted by Gasteiger charge is -2.34. The number of carboxylic acid groups (broad SMARTS) is 1. The van der Waals surface area contributed by atoms with E-state index in [-0.39, 0.29) is 23.5 Å². The molecule has 1 aromatic heterocycles. The molecule has 0 aliphatic heterocycles. The van der Waals surface area contributed by atoms with E-state index < -0.39 is 11.5 Å². The molecular formula is C25H25N2O4+. The van der Waals surface area contributed by atoms with Crippen LogP contribution in [0.2, 0.25) is 0 Å². The average molecular weight is 417 g/mol. The zero-order chi connectivity index (χ0) is 21.7. The monoisotopic (exact) mass is 417 g/mol. The highest BCUT2D eigenvalue weighted by Crippen LogP contribution is 2.41. The highest BCUT2D eigenvalue weighted by molar-refractivity contribution is 5.88. The first-order valence-electron chi connectivity index (χ1n) is 10.5. The third-order valence-electron chi connectivity index (χ3n) is 5.90. The third kappa shape index (κ3) is 4.63. The number of carboxylic acids is 1. The van der Waals surface area contributed by atoms with Gasteiger partial charge < -0.3 is 14.8 Å². The van der Waals surface area contributed by atoms with Crippen molar-refractivity contribution in [1.29, 1.82) is 0 Å². The highest BCUT2D eigenvalue weighted by Gasteiger charge is 2.38. The minimum atomic E-state index is -1.28. The van der Waals surface area contributed by atoms with Gasteiger partial charge in [0.25, 0.3) is 5.56 Å². The Morgan fingerprint density at radius 3 is 2.35 bits per heavy atom. The average Bonchev–Trinajstić information content (AvgIpc) is 2.80. The Morgan fingerprint density at radius 2 is 1.71 bits per heavy atom. The zero-order valence-corrected chi connectivity index (χ0v) is 17.2. The van der Waals surface area contributed by atoms with Gasteiger partial charge in [0.15, 0.2) is 5.69 Å². The smallest absolute Gasteiger partial charge is 0.358 e. The van der Waals surface area contributed by atoms with E-state index in [1.165, 1.54) is 5.56 Å². The van der Waals surface area contributed by atoms with Crippen LogP contribution in [0.4, 0.5) is 0 Å². The molecule has 0 atom stereocenters. The lowest BCUT2D eigenvalue weighted by Crippen LogP contribution is -2.34. The van der Waals surface area contributed by atoms with Crippen molar-refractivity contribution >= 4 is 5.97 Å². The van der Waals surface area contributed by atoms with Gasteiger partial charge >= 0.3 is 5.97 Å². The molecule has 0 bridgehead atoms. The van der Waals surface area contributed by atoms with Crippen molar-refractivity contribution in [3.05, 3.63) is 100 Å². The summed E-state index contributed by atoms with van der Waals surface area (Å²) in [6.45, 7) is 0.0923. The SMILES string of the molecule is O=C(O)c1nc(CC2(c3ccccc3)CC[CH+]CC2)[nH]c(=O)c1OCc1ccccc1. The van der Waals surface area contributed by atoms with Gasteiger partial charge in [-0.3, -0.25) is 4.79 Å². The lowest BCUT2D eigenvalue weighted by molar-refractivity contribution is 0.0683. The standard InChI is InChI=1S/C25H24N2O4/c28-23-22(31-17-18-10-4-1-5-11-18)21(24(29)30)26-20(27-23)16-25(14-8-3-9-15-25)19-12-6-2-7-13-19/h1-7,10-13H,8-9,14-17H2,(H-,26,27,28,29,30)/p+1. The maximum atomic E-state index is 12.8. The number of carbonyl (C=O) groups is 1. The zero-order valence-electron chi connectivity index (χ0n) is 17.2. The van der Waals surface area contributed by atoms with E-state index in [2.05, 4.69) is 28.5 Å². The molecule has 1 aliphatic carbocycles. The second-order valence-corrected chi connectivity index (χ2v) is 7.96. The largest absolute Gasteiger partial charge is 0.481 e. The van der Waals surface area contributed by atoms with Crippen molar-refractivity contribution in [2.75, 3.05) is 0 Å². The van der Waals surface area contributed by atoms with Gasteiger partial charge in [-0.15, -0.1) is 0 Å². The first-order valence-corrected chi connectivity index (χ1v) is 10.5. The summed E-state index contributed by atoms with van der Waals surface area (Å²) < 4.78 is 5.58. The number of aromatic nitrogens is 2. The predicted octanol–water partition coefficient (Wildman–Crippen LogP) is 4.31. The Morgan fingerprint density at radius 1 is 1.06 bits per heavy atom. The molecule has 0 unspecified atom stereocenters. The molecule has 158 valence electrons. The second kappa shape index (κ2) is 9.08. The Labute approximate surface area is 180 Å². The minimum Gasteiger partial charge on any atom is -0.481 e. The molecule has 0 saturated heterocycles. The summed E-state index contributed by atoms with van der Waals surface area (Å²) in [5.74, 6) is -1.16. The number of benzene rings is 2. The summed E-state index contributed by atoms with van der Waals surface area (Å²) in [4.78, 5) is 31.8. The first kappa shape index (κ1) is 20.7. The van der Waals surface area contributed by atoms with Gasteiger partial charge in [0.05, 0.1) is 19.3 Å². The van der Waals surface area contributed by atoms with Crippen molar-refractivity contribution in [3.8, 4) is 5.75 Å².